The third-order valence-electron chi connectivity index (χ3n) is 9.68. The third-order valence-corrected chi connectivity index (χ3v) is 10.7. The van der Waals surface area contributed by atoms with E-state index in [0.29, 0.717) is 81.8 Å². The summed E-state index contributed by atoms with van der Waals surface area (Å²) in [5.41, 5.74) is 7.52. The molecule has 2 aromatic rings. The van der Waals surface area contributed by atoms with Gasteiger partial charge in [-0.05, 0) is 63.7 Å². The molecule has 248 valence electrons. The summed E-state index contributed by atoms with van der Waals surface area (Å²) in [6, 6.07) is 4.14. The van der Waals surface area contributed by atoms with Crippen LogP contribution in [0.15, 0.2) is 23.1 Å². The third kappa shape index (κ3) is 7.69. The van der Waals surface area contributed by atoms with Gasteiger partial charge in [-0.3, -0.25) is 9.48 Å². The molecule has 0 bridgehead atoms. The number of aliphatic hydroxyl groups is 1. The molecule has 3 N–H and O–H groups in total. The van der Waals surface area contributed by atoms with Crippen LogP contribution in [0.25, 0.3) is 11.3 Å². The fourth-order valence-corrected chi connectivity index (χ4v) is 7.96. The van der Waals surface area contributed by atoms with Crippen LogP contribution >= 0.6 is 11.8 Å². The van der Waals surface area contributed by atoms with Gasteiger partial charge < -0.3 is 25.5 Å². The zero-order valence-corrected chi connectivity index (χ0v) is 26.5. The van der Waals surface area contributed by atoms with Crippen LogP contribution in [0.2, 0.25) is 0 Å². The molecule has 3 aliphatic heterocycles. The lowest BCUT2D eigenvalue weighted by atomic mass is 9.99. The van der Waals surface area contributed by atoms with Crippen LogP contribution in [0, 0.1) is 0 Å². The minimum absolute atomic E-state index is 0.0996. The van der Waals surface area contributed by atoms with Crippen molar-refractivity contribution in [3.8, 4) is 11.3 Å². The van der Waals surface area contributed by atoms with Gasteiger partial charge in [-0.15, -0.1) is 11.8 Å². The molecule has 6 rings (SSSR count). The van der Waals surface area contributed by atoms with Crippen LogP contribution in [0.3, 0.4) is 0 Å². The van der Waals surface area contributed by atoms with Gasteiger partial charge in [-0.1, -0.05) is 12.5 Å². The molecule has 4 aliphatic rings. The molecular weight excluding hydrogens is 608 g/mol. The minimum Gasteiger partial charge on any atom is -0.390 e. The number of β-amino-alcohol motifs (C(OH)–C–C–N with tert-alkyl or cyclic N) is 1. The van der Waals surface area contributed by atoms with E-state index in [1.807, 2.05) is 0 Å². The van der Waals surface area contributed by atoms with Crippen LogP contribution in [-0.2, 0) is 30.5 Å². The standard InChI is InChI=1S/C32H44F4N6O2S/c33-23-6-13-39(14-7-23)16-17-45-28-18-22(4-5-26(28)32(34,35)36)29-25-21-41(30(44)31(37)9-10-31)15-8-27(25)42(38-29)20-24(43)19-40-11-2-1-3-12-40/h4-5,18,23-24,43H,1-3,6-17,19-21,37H2. The fourth-order valence-electron chi connectivity index (χ4n) is 6.84. The second kappa shape index (κ2) is 13.5. The second-order valence-electron chi connectivity index (χ2n) is 13.2. The first-order valence-corrected chi connectivity index (χ1v) is 17.3. The Morgan fingerprint density at radius 2 is 1.80 bits per heavy atom. The minimum atomic E-state index is -4.52. The Morgan fingerprint density at radius 1 is 1.07 bits per heavy atom. The summed E-state index contributed by atoms with van der Waals surface area (Å²) in [6.45, 7) is 5.27. The van der Waals surface area contributed by atoms with Crippen molar-refractivity contribution in [1.29, 1.82) is 0 Å². The Balaban J connectivity index is 1.27. The van der Waals surface area contributed by atoms with Crippen molar-refractivity contribution >= 4 is 17.7 Å². The van der Waals surface area contributed by atoms with Crippen LogP contribution in [0.1, 0.15) is 61.8 Å². The topological polar surface area (TPSA) is 90.9 Å². The smallest absolute Gasteiger partial charge is 0.390 e. The first-order chi connectivity index (χ1) is 21.5. The number of benzene rings is 1. The molecule has 45 heavy (non-hydrogen) atoms. The number of hydrogen-bond acceptors (Lipinski definition) is 7. The molecule has 0 spiro atoms. The molecule has 1 atom stereocenters. The van der Waals surface area contributed by atoms with Crippen molar-refractivity contribution in [2.75, 3.05) is 51.6 Å². The number of rotatable bonds is 10. The fraction of sp³-hybridized carbons (Fsp3) is 0.688. The Morgan fingerprint density at radius 3 is 2.49 bits per heavy atom. The predicted octanol–water partition coefficient (Wildman–Crippen LogP) is 4.32. The van der Waals surface area contributed by atoms with Crippen molar-refractivity contribution in [3.05, 3.63) is 35.0 Å². The van der Waals surface area contributed by atoms with E-state index in [2.05, 4.69) is 9.80 Å². The number of piperidine rings is 2. The van der Waals surface area contributed by atoms with E-state index in [9.17, 15) is 27.5 Å². The van der Waals surface area contributed by atoms with Crippen molar-refractivity contribution in [1.82, 2.24) is 24.5 Å². The van der Waals surface area contributed by atoms with E-state index in [1.54, 1.807) is 15.6 Å². The molecule has 1 aromatic heterocycles. The van der Waals surface area contributed by atoms with E-state index in [-0.39, 0.29) is 23.9 Å². The van der Waals surface area contributed by atoms with Crippen molar-refractivity contribution in [3.63, 3.8) is 0 Å². The van der Waals surface area contributed by atoms with Gasteiger partial charge in [-0.25, -0.2) is 4.39 Å². The Bertz CT molecular complexity index is 1350. The highest BCUT2D eigenvalue weighted by atomic mass is 32.2. The second-order valence-corrected chi connectivity index (χ2v) is 14.3. The number of likely N-dealkylation sites (tertiary alicyclic amines) is 2. The summed E-state index contributed by atoms with van der Waals surface area (Å²) in [7, 11) is 0. The molecule has 0 radical (unpaired) electrons. The van der Waals surface area contributed by atoms with Crippen LogP contribution < -0.4 is 5.73 Å². The zero-order valence-electron chi connectivity index (χ0n) is 25.7. The molecular formula is C32H44F4N6O2S. The van der Waals surface area contributed by atoms with E-state index in [1.165, 1.54) is 12.5 Å². The molecule has 1 unspecified atom stereocenters. The Hall–Kier alpha value is -2.19. The number of nitrogens with two attached hydrogens (primary N) is 1. The van der Waals surface area contributed by atoms with E-state index >= 15 is 0 Å². The zero-order chi connectivity index (χ0) is 31.8. The largest absolute Gasteiger partial charge is 0.417 e. The maximum Gasteiger partial charge on any atom is 0.417 e. The van der Waals surface area contributed by atoms with Gasteiger partial charge in [0, 0.05) is 73.2 Å². The molecule has 3 fully saturated rings. The normalized spacial score (nSPS) is 22.0. The quantitative estimate of drug-likeness (QED) is 0.292. The van der Waals surface area contributed by atoms with Crippen LogP contribution in [-0.4, -0.2) is 105 Å². The SMILES string of the molecule is NC1(C(=O)N2CCc3c(c(-c4ccc(C(F)(F)F)c(SCCN5CCC(F)CC5)c4)nn3CC(O)CN3CCCCC3)C2)CC1. The number of aliphatic hydroxyl groups excluding tert-OH is 1. The molecule has 1 aromatic carbocycles. The number of thioether (sulfide) groups is 1. The molecule has 1 amide bonds. The van der Waals surface area contributed by atoms with Gasteiger partial charge in [0.15, 0.2) is 0 Å². The van der Waals surface area contributed by atoms with Crippen molar-refractivity contribution in [2.24, 2.45) is 5.73 Å². The lowest BCUT2D eigenvalue weighted by molar-refractivity contribution is -0.139. The highest BCUT2D eigenvalue weighted by molar-refractivity contribution is 7.99. The van der Waals surface area contributed by atoms with E-state index in [4.69, 9.17) is 10.8 Å². The Labute approximate surface area is 266 Å². The molecule has 1 saturated carbocycles. The molecule has 8 nitrogen and oxygen atoms in total. The monoisotopic (exact) mass is 652 g/mol. The first kappa shape index (κ1) is 32.7. The molecule has 13 heteroatoms. The number of alkyl halides is 4. The van der Waals surface area contributed by atoms with E-state index in [0.717, 1.165) is 55.0 Å². The summed E-state index contributed by atoms with van der Waals surface area (Å²) >= 11 is 1.15. The predicted molar refractivity (Wildman–Crippen MR) is 166 cm³/mol. The molecule has 2 saturated heterocycles. The summed E-state index contributed by atoms with van der Waals surface area (Å²) in [6.07, 6.45) is 0.197. The van der Waals surface area contributed by atoms with Gasteiger partial charge in [0.2, 0.25) is 5.91 Å². The summed E-state index contributed by atoms with van der Waals surface area (Å²) in [4.78, 5) is 19.4. The lowest BCUT2D eigenvalue weighted by Gasteiger charge is -2.31. The maximum absolute atomic E-state index is 14.1. The highest BCUT2D eigenvalue weighted by Gasteiger charge is 2.49. The van der Waals surface area contributed by atoms with Gasteiger partial charge in [0.25, 0.3) is 0 Å². The average Bonchev–Trinajstić information content (AvgIpc) is 3.68. The number of aromatic nitrogens is 2. The van der Waals surface area contributed by atoms with Gasteiger partial charge in [0.05, 0.1) is 29.4 Å². The van der Waals surface area contributed by atoms with Gasteiger partial charge >= 0.3 is 6.18 Å². The molecule has 1 aliphatic carbocycles. The van der Waals surface area contributed by atoms with Crippen LogP contribution in [0.5, 0.6) is 0 Å². The number of amides is 1. The van der Waals surface area contributed by atoms with Gasteiger partial charge in [-0.2, -0.15) is 18.3 Å². The lowest BCUT2D eigenvalue weighted by Crippen LogP contribution is -2.47. The number of hydrogen-bond donors (Lipinski definition) is 2. The number of nitrogens with zero attached hydrogens (tertiary/aromatic N) is 5. The maximum atomic E-state index is 14.1. The number of fused-ring (bicyclic) bond motifs is 1. The number of carbonyl (C=O) groups is 1. The van der Waals surface area contributed by atoms with Gasteiger partial charge in [0.1, 0.15) is 6.17 Å². The Kier molecular flexibility index (Phi) is 9.82. The first-order valence-electron chi connectivity index (χ1n) is 16.3. The number of carbonyl (C=O) groups excluding carboxylic acids is 1. The van der Waals surface area contributed by atoms with E-state index < -0.39 is 29.6 Å². The summed E-state index contributed by atoms with van der Waals surface area (Å²) < 4.78 is 57.7. The van der Waals surface area contributed by atoms with Crippen molar-refractivity contribution < 1.29 is 27.5 Å². The number of halogens is 4. The van der Waals surface area contributed by atoms with Crippen molar-refractivity contribution in [2.45, 2.75) is 93.3 Å². The summed E-state index contributed by atoms with van der Waals surface area (Å²) in [5, 5.41) is 15.9. The molecule has 4 heterocycles. The summed E-state index contributed by atoms with van der Waals surface area (Å²) in [5.74, 6) is 0.344. The average molecular weight is 653 g/mol. The highest BCUT2D eigenvalue weighted by Crippen LogP contribution is 2.41. The van der Waals surface area contributed by atoms with Crippen LogP contribution in [0.4, 0.5) is 17.6 Å².